The summed E-state index contributed by atoms with van der Waals surface area (Å²) in [6.45, 7) is 4.32. The fourth-order valence-corrected chi connectivity index (χ4v) is 2.11. The minimum absolute atomic E-state index is 0.353. The lowest BCUT2D eigenvalue weighted by atomic mass is 10.0. The lowest BCUT2D eigenvalue weighted by Crippen LogP contribution is -1.89. The Labute approximate surface area is 127 Å². The van der Waals surface area contributed by atoms with Crippen molar-refractivity contribution in [3.63, 3.8) is 0 Å². The lowest BCUT2D eigenvalue weighted by molar-refractivity contribution is 0.397. The van der Waals surface area contributed by atoms with E-state index in [4.69, 9.17) is 4.74 Å². The van der Waals surface area contributed by atoms with Crippen LogP contribution >= 0.6 is 0 Å². The number of ether oxygens (including phenoxy) is 1. The minimum Gasteiger partial charge on any atom is -0.473 e. The van der Waals surface area contributed by atoms with Gasteiger partial charge in [0.2, 0.25) is 0 Å². The van der Waals surface area contributed by atoms with Gasteiger partial charge in [0.05, 0.1) is 12.5 Å². The summed E-state index contributed by atoms with van der Waals surface area (Å²) >= 11 is 0. The molecule has 2 aromatic rings. The van der Waals surface area contributed by atoms with Crippen molar-refractivity contribution in [1.29, 1.82) is 0 Å². The Hall–Kier alpha value is -2.28. The Kier molecular flexibility index (Phi) is 5.83. The van der Waals surface area contributed by atoms with Crippen LogP contribution < -0.4 is 0 Å². The Morgan fingerprint density at radius 3 is 1.43 bits per heavy atom. The van der Waals surface area contributed by atoms with Crippen LogP contribution in [0.15, 0.2) is 85.3 Å². The van der Waals surface area contributed by atoms with Gasteiger partial charge in [-0.15, -0.1) is 0 Å². The van der Waals surface area contributed by atoms with Gasteiger partial charge in [-0.3, -0.25) is 0 Å². The molecular formula is C20H22O. The van der Waals surface area contributed by atoms with Gasteiger partial charge in [0.1, 0.15) is 0 Å². The van der Waals surface area contributed by atoms with Crippen molar-refractivity contribution in [1.82, 2.24) is 0 Å². The number of hydrogen-bond acceptors (Lipinski definition) is 1. The minimum atomic E-state index is 0.353. The third-order valence-corrected chi connectivity index (χ3v) is 3.54. The predicted molar refractivity (Wildman–Crippen MR) is 89.1 cm³/mol. The summed E-state index contributed by atoms with van der Waals surface area (Å²) in [4.78, 5) is 0. The highest BCUT2D eigenvalue weighted by Gasteiger charge is 2.00. The van der Waals surface area contributed by atoms with E-state index in [1.807, 2.05) is 12.1 Å². The molecule has 0 bridgehead atoms. The zero-order valence-electron chi connectivity index (χ0n) is 12.6. The SMILES string of the molecule is CC(C=COC=CC(C)c1ccccc1)c1ccccc1. The van der Waals surface area contributed by atoms with Crippen LogP contribution in [0.3, 0.4) is 0 Å². The van der Waals surface area contributed by atoms with Crippen LogP contribution in [-0.2, 0) is 4.74 Å². The van der Waals surface area contributed by atoms with Gasteiger partial charge in [-0.25, -0.2) is 0 Å². The maximum Gasteiger partial charge on any atom is 0.0867 e. The second kappa shape index (κ2) is 8.11. The van der Waals surface area contributed by atoms with E-state index in [9.17, 15) is 0 Å². The van der Waals surface area contributed by atoms with Crippen molar-refractivity contribution in [2.75, 3.05) is 0 Å². The summed E-state index contributed by atoms with van der Waals surface area (Å²) in [7, 11) is 0. The summed E-state index contributed by atoms with van der Waals surface area (Å²) in [5.74, 6) is 0.706. The van der Waals surface area contributed by atoms with Gasteiger partial charge in [-0.1, -0.05) is 74.5 Å². The van der Waals surface area contributed by atoms with Crippen molar-refractivity contribution in [3.8, 4) is 0 Å². The summed E-state index contributed by atoms with van der Waals surface area (Å²) in [6.07, 6.45) is 7.64. The van der Waals surface area contributed by atoms with Crippen molar-refractivity contribution in [3.05, 3.63) is 96.5 Å². The van der Waals surface area contributed by atoms with Gasteiger partial charge in [0, 0.05) is 11.8 Å². The molecule has 0 heterocycles. The summed E-state index contributed by atoms with van der Waals surface area (Å²) < 4.78 is 5.46. The monoisotopic (exact) mass is 278 g/mol. The molecule has 0 aliphatic rings. The van der Waals surface area contributed by atoms with Crippen LogP contribution in [0.2, 0.25) is 0 Å². The zero-order chi connectivity index (χ0) is 14.9. The Bertz CT molecular complexity index is 516. The number of rotatable bonds is 6. The highest BCUT2D eigenvalue weighted by atomic mass is 16.5. The molecule has 0 aliphatic carbocycles. The van der Waals surface area contributed by atoms with E-state index < -0.39 is 0 Å². The fraction of sp³-hybridized carbons (Fsp3) is 0.200. The Morgan fingerprint density at radius 2 is 1.05 bits per heavy atom. The maximum atomic E-state index is 5.46. The molecule has 2 aromatic carbocycles. The first kappa shape index (κ1) is 15.1. The molecule has 2 rings (SSSR count). The summed E-state index contributed by atoms with van der Waals surface area (Å²) in [5.41, 5.74) is 2.58. The highest BCUT2D eigenvalue weighted by Crippen LogP contribution is 2.17. The third kappa shape index (κ3) is 4.96. The van der Waals surface area contributed by atoms with Gasteiger partial charge < -0.3 is 4.74 Å². The zero-order valence-corrected chi connectivity index (χ0v) is 12.6. The molecule has 108 valence electrons. The van der Waals surface area contributed by atoms with Crippen LogP contribution in [-0.4, -0.2) is 0 Å². The predicted octanol–water partition coefficient (Wildman–Crippen LogP) is 5.64. The van der Waals surface area contributed by atoms with Crippen molar-refractivity contribution in [2.45, 2.75) is 25.7 Å². The van der Waals surface area contributed by atoms with E-state index in [2.05, 4.69) is 74.5 Å². The second-order valence-electron chi connectivity index (χ2n) is 5.19. The first-order valence-electron chi connectivity index (χ1n) is 7.36. The fourth-order valence-electron chi connectivity index (χ4n) is 2.11. The standard InChI is InChI=1S/C20H22O/c1-17(19-9-5-3-6-10-19)13-15-21-16-14-18(2)20-11-7-4-8-12-20/h3-18H,1-2H3. The van der Waals surface area contributed by atoms with Gasteiger partial charge in [-0.2, -0.15) is 0 Å². The molecule has 0 amide bonds. The quantitative estimate of drug-likeness (QED) is 0.621. The molecule has 2 atom stereocenters. The molecule has 0 fully saturated rings. The first-order chi connectivity index (χ1) is 10.3. The number of hydrogen-bond donors (Lipinski definition) is 0. The molecule has 1 heteroatoms. The lowest BCUT2D eigenvalue weighted by Gasteiger charge is -2.06. The van der Waals surface area contributed by atoms with Crippen LogP contribution in [0.4, 0.5) is 0 Å². The van der Waals surface area contributed by atoms with E-state index in [-0.39, 0.29) is 0 Å². The molecule has 0 saturated heterocycles. The first-order valence-corrected chi connectivity index (χ1v) is 7.36. The van der Waals surface area contributed by atoms with Crippen LogP contribution in [0, 0.1) is 0 Å². The van der Waals surface area contributed by atoms with Crippen molar-refractivity contribution < 1.29 is 4.74 Å². The van der Waals surface area contributed by atoms with E-state index in [1.165, 1.54) is 11.1 Å². The Balaban J connectivity index is 1.81. The van der Waals surface area contributed by atoms with Crippen LogP contribution in [0.5, 0.6) is 0 Å². The molecule has 0 N–H and O–H groups in total. The van der Waals surface area contributed by atoms with Gasteiger partial charge >= 0.3 is 0 Å². The topological polar surface area (TPSA) is 9.23 Å². The number of allylic oxidation sites excluding steroid dienone is 2. The second-order valence-corrected chi connectivity index (χ2v) is 5.19. The molecule has 0 radical (unpaired) electrons. The van der Waals surface area contributed by atoms with E-state index in [1.54, 1.807) is 12.5 Å². The normalized spacial score (nSPS) is 14.4. The van der Waals surface area contributed by atoms with Crippen molar-refractivity contribution in [2.24, 2.45) is 0 Å². The number of benzene rings is 2. The third-order valence-electron chi connectivity index (χ3n) is 3.54. The van der Waals surface area contributed by atoms with E-state index in [0.717, 1.165) is 0 Å². The summed E-state index contributed by atoms with van der Waals surface area (Å²) in [6, 6.07) is 20.8. The highest BCUT2D eigenvalue weighted by molar-refractivity contribution is 5.23. The Morgan fingerprint density at radius 1 is 0.667 bits per heavy atom. The molecule has 0 aromatic heterocycles. The molecule has 21 heavy (non-hydrogen) atoms. The van der Waals surface area contributed by atoms with Crippen LogP contribution in [0.25, 0.3) is 0 Å². The molecular weight excluding hydrogens is 256 g/mol. The van der Waals surface area contributed by atoms with Gasteiger partial charge in [-0.05, 0) is 23.3 Å². The molecule has 2 unspecified atom stereocenters. The van der Waals surface area contributed by atoms with Gasteiger partial charge in [0.15, 0.2) is 0 Å². The average molecular weight is 278 g/mol. The van der Waals surface area contributed by atoms with Gasteiger partial charge in [0.25, 0.3) is 0 Å². The van der Waals surface area contributed by atoms with E-state index >= 15 is 0 Å². The maximum absolute atomic E-state index is 5.46. The molecule has 0 spiro atoms. The smallest absolute Gasteiger partial charge is 0.0867 e. The van der Waals surface area contributed by atoms with Crippen LogP contribution in [0.1, 0.15) is 36.8 Å². The largest absolute Gasteiger partial charge is 0.473 e. The van der Waals surface area contributed by atoms with Crippen molar-refractivity contribution >= 4 is 0 Å². The molecule has 0 aliphatic heterocycles. The molecule has 0 saturated carbocycles. The average Bonchev–Trinajstić information content (AvgIpc) is 2.55. The molecule has 1 nitrogen and oxygen atoms in total. The van der Waals surface area contributed by atoms with E-state index in [0.29, 0.717) is 11.8 Å². The summed E-state index contributed by atoms with van der Waals surface area (Å²) in [5, 5.41) is 0.